The van der Waals surface area contributed by atoms with Gasteiger partial charge in [0, 0.05) is 5.33 Å². The molecule has 0 aliphatic rings. The van der Waals surface area contributed by atoms with Crippen molar-refractivity contribution in [3.63, 3.8) is 0 Å². The average molecular weight is 305 g/mol. The van der Waals surface area contributed by atoms with Crippen molar-refractivity contribution in [1.82, 2.24) is 0 Å². The highest BCUT2D eigenvalue weighted by atomic mass is 79.9. The van der Waals surface area contributed by atoms with Crippen LogP contribution in [0.3, 0.4) is 0 Å². The summed E-state index contributed by atoms with van der Waals surface area (Å²) in [6.45, 7) is 5.18. The van der Waals surface area contributed by atoms with Gasteiger partial charge in [0.1, 0.15) is 11.2 Å². The lowest BCUT2D eigenvalue weighted by Crippen LogP contribution is -2.36. The number of carbonyl (C=O) groups excluding carboxylic acids is 2. The fourth-order valence-corrected chi connectivity index (χ4v) is 1.73. The Morgan fingerprint density at radius 3 is 2.47 bits per heavy atom. The second-order valence-corrected chi connectivity index (χ2v) is 4.77. The summed E-state index contributed by atoms with van der Waals surface area (Å²) in [5.74, 6) is -0.530. The van der Waals surface area contributed by atoms with Crippen LogP contribution in [0.5, 0.6) is 0 Å². The molecule has 0 N–H and O–H groups in total. The number of rotatable bonds is 8. The van der Waals surface area contributed by atoms with E-state index in [4.69, 9.17) is 4.74 Å². The number of hydrogen-bond acceptors (Lipinski definition) is 3. The molecule has 4 heteroatoms. The zero-order chi connectivity index (χ0) is 13.3. The molecule has 17 heavy (non-hydrogen) atoms. The molecule has 0 radical (unpaired) electrons. The van der Waals surface area contributed by atoms with Crippen LogP contribution in [0.25, 0.3) is 0 Å². The van der Waals surface area contributed by atoms with Crippen molar-refractivity contribution in [2.75, 3.05) is 11.9 Å². The number of ether oxygens (including phenoxy) is 1. The number of esters is 1. The lowest BCUT2D eigenvalue weighted by Gasteiger charge is -2.23. The Morgan fingerprint density at radius 2 is 2.00 bits per heavy atom. The quantitative estimate of drug-likeness (QED) is 0.227. The Hall–Kier alpha value is -0.640. The van der Waals surface area contributed by atoms with Gasteiger partial charge in [0.2, 0.25) is 0 Å². The van der Waals surface area contributed by atoms with Crippen LogP contribution in [0.1, 0.15) is 40.0 Å². The molecule has 0 rings (SSSR count). The molecule has 0 aromatic carbocycles. The number of ketones is 1. The van der Waals surface area contributed by atoms with Crippen molar-refractivity contribution < 1.29 is 14.3 Å². The normalized spacial score (nSPS) is 14.6. The van der Waals surface area contributed by atoms with E-state index in [1.807, 2.05) is 12.2 Å². The van der Waals surface area contributed by atoms with E-state index in [0.29, 0.717) is 13.0 Å². The van der Waals surface area contributed by atoms with Crippen LogP contribution in [0.15, 0.2) is 12.2 Å². The van der Waals surface area contributed by atoms with E-state index in [9.17, 15) is 9.59 Å². The highest BCUT2D eigenvalue weighted by Crippen LogP contribution is 2.27. The number of Topliss-reactive ketones (excluding diaryl/α,β-unsaturated/α-hetero) is 1. The molecule has 1 unspecified atom stereocenters. The van der Waals surface area contributed by atoms with Crippen molar-refractivity contribution in [3.8, 4) is 0 Å². The predicted molar refractivity (Wildman–Crippen MR) is 72.2 cm³/mol. The van der Waals surface area contributed by atoms with Crippen LogP contribution < -0.4 is 0 Å². The lowest BCUT2D eigenvalue weighted by molar-refractivity contribution is -0.159. The minimum atomic E-state index is -0.988. The summed E-state index contributed by atoms with van der Waals surface area (Å²) in [5.41, 5.74) is -0.988. The molecule has 0 aliphatic heterocycles. The molecule has 98 valence electrons. The van der Waals surface area contributed by atoms with Gasteiger partial charge in [-0.2, -0.15) is 0 Å². The highest BCUT2D eigenvalue weighted by Gasteiger charge is 2.38. The Morgan fingerprint density at radius 1 is 1.35 bits per heavy atom. The van der Waals surface area contributed by atoms with Crippen LogP contribution in [0.4, 0.5) is 0 Å². The Balaban J connectivity index is 4.37. The van der Waals surface area contributed by atoms with Gasteiger partial charge < -0.3 is 4.74 Å². The number of hydrogen-bond donors (Lipinski definition) is 0. The van der Waals surface area contributed by atoms with Gasteiger partial charge in [0.25, 0.3) is 0 Å². The number of alkyl halides is 1. The summed E-state index contributed by atoms with van der Waals surface area (Å²) in [6.07, 6.45) is 6.26. The third-order valence-electron chi connectivity index (χ3n) is 2.81. The fraction of sp³-hybridized carbons (Fsp3) is 0.692. The molecule has 0 saturated carbocycles. The van der Waals surface area contributed by atoms with Crippen molar-refractivity contribution >= 4 is 27.7 Å². The van der Waals surface area contributed by atoms with Crippen LogP contribution >= 0.6 is 15.9 Å². The maximum Gasteiger partial charge on any atom is 0.319 e. The molecular weight excluding hydrogens is 284 g/mol. The van der Waals surface area contributed by atoms with Gasteiger partial charge in [0.15, 0.2) is 0 Å². The van der Waals surface area contributed by atoms with Crippen LogP contribution in [0, 0.1) is 5.41 Å². The first kappa shape index (κ1) is 16.4. The number of unbranched alkanes of at least 4 members (excludes halogenated alkanes) is 1. The molecule has 0 aliphatic carbocycles. The monoisotopic (exact) mass is 304 g/mol. The van der Waals surface area contributed by atoms with E-state index in [-0.39, 0.29) is 5.78 Å². The van der Waals surface area contributed by atoms with E-state index in [1.54, 1.807) is 13.8 Å². The maximum absolute atomic E-state index is 11.8. The second-order valence-electron chi connectivity index (χ2n) is 4.13. The van der Waals surface area contributed by atoms with Crippen molar-refractivity contribution in [2.24, 2.45) is 5.41 Å². The van der Waals surface area contributed by atoms with E-state index >= 15 is 0 Å². The van der Waals surface area contributed by atoms with Gasteiger partial charge in [-0.05, 0) is 40.0 Å². The molecule has 3 nitrogen and oxygen atoms in total. The first-order valence-corrected chi connectivity index (χ1v) is 7.00. The Kier molecular flexibility index (Phi) is 8.13. The average Bonchev–Trinajstić information content (AvgIpc) is 2.28. The summed E-state index contributed by atoms with van der Waals surface area (Å²) < 4.78 is 4.96. The second kappa shape index (κ2) is 8.45. The largest absolute Gasteiger partial charge is 0.465 e. The van der Waals surface area contributed by atoms with Gasteiger partial charge in [-0.25, -0.2) is 0 Å². The summed E-state index contributed by atoms with van der Waals surface area (Å²) >= 11 is 3.29. The maximum atomic E-state index is 11.8. The zero-order valence-electron chi connectivity index (χ0n) is 10.8. The molecular formula is C13H21BrO3. The van der Waals surface area contributed by atoms with Gasteiger partial charge in [-0.1, -0.05) is 28.1 Å². The van der Waals surface area contributed by atoms with E-state index in [2.05, 4.69) is 15.9 Å². The van der Waals surface area contributed by atoms with E-state index < -0.39 is 11.4 Å². The van der Waals surface area contributed by atoms with Crippen LogP contribution in [-0.2, 0) is 14.3 Å². The van der Waals surface area contributed by atoms with Crippen LogP contribution in [0.2, 0.25) is 0 Å². The molecule has 0 amide bonds. The minimum Gasteiger partial charge on any atom is -0.465 e. The SMILES string of the molecule is CCOC(=O)C(C)(CCC/C=C/CBr)C(C)=O. The molecule has 0 heterocycles. The van der Waals surface area contributed by atoms with Crippen molar-refractivity contribution in [1.29, 1.82) is 0 Å². The van der Waals surface area contributed by atoms with Crippen molar-refractivity contribution in [3.05, 3.63) is 12.2 Å². The number of allylic oxidation sites excluding steroid dienone is 2. The summed E-state index contributed by atoms with van der Waals surface area (Å²) in [5, 5.41) is 0.828. The standard InChI is InChI=1S/C13H21BrO3/c1-4-17-12(16)13(3,11(2)15)9-7-5-6-8-10-14/h6,8H,4-5,7,9-10H2,1-3H3/b8-6+. The first-order valence-electron chi connectivity index (χ1n) is 5.88. The fourth-order valence-electron chi connectivity index (χ4n) is 1.47. The van der Waals surface area contributed by atoms with Gasteiger partial charge in [-0.3, -0.25) is 9.59 Å². The smallest absolute Gasteiger partial charge is 0.319 e. The molecule has 0 bridgehead atoms. The van der Waals surface area contributed by atoms with E-state index in [0.717, 1.165) is 18.2 Å². The molecule has 0 fully saturated rings. The zero-order valence-corrected chi connectivity index (χ0v) is 12.4. The third kappa shape index (κ3) is 5.48. The lowest BCUT2D eigenvalue weighted by atomic mass is 9.81. The van der Waals surface area contributed by atoms with Gasteiger partial charge in [0.05, 0.1) is 6.61 Å². The summed E-state index contributed by atoms with van der Waals surface area (Å²) in [6, 6.07) is 0. The number of carbonyl (C=O) groups is 2. The van der Waals surface area contributed by atoms with Gasteiger partial charge in [-0.15, -0.1) is 0 Å². The Labute approximate surface area is 112 Å². The number of halogens is 1. The van der Waals surface area contributed by atoms with Gasteiger partial charge >= 0.3 is 5.97 Å². The topological polar surface area (TPSA) is 43.4 Å². The highest BCUT2D eigenvalue weighted by molar-refractivity contribution is 9.09. The summed E-state index contributed by atoms with van der Waals surface area (Å²) in [7, 11) is 0. The van der Waals surface area contributed by atoms with E-state index in [1.165, 1.54) is 6.92 Å². The minimum absolute atomic E-state index is 0.125. The predicted octanol–water partition coefficient (Wildman–Crippen LogP) is 3.27. The molecule has 0 spiro atoms. The first-order chi connectivity index (χ1) is 7.99. The molecule has 0 aromatic rings. The van der Waals surface area contributed by atoms with Crippen LogP contribution in [-0.4, -0.2) is 23.7 Å². The van der Waals surface area contributed by atoms with Crippen molar-refractivity contribution in [2.45, 2.75) is 40.0 Å². The molecule has 0 aromatic heterocycles. The Bertz CT molecular complexity index is 286. The summed E-state index contributed by atoms with van der Waals surface area (Å²) in [4.78, 5) is 23.3. The third-order valence-corrected chi connectivity index (χ3v) is 3.18. The molecule has 0 saturated heterocycles. The molecule has 1 atom stereocenters.